The zero-order chi connectivity index (χ0) is 18.7. The van der Waals surface area contributed by atoms with Crippen LogP contribution in [0, 0.1) is 17.5 Å². The van der Waals surface area contributed by atoms with E-state index in [1.807, 2.05) is 0 Å². The molecule has 0 radical (unpaired) electrons. The lowest BCUT2D eigenvalue weighted by atomic mass is 10.2. The summed E-state index contributed by atoms with van der Waals surface area (Å²) in [5.41, 5.74) is 0. The fraction of sp³-hybridized carbons (Fsp3) is 0.263. The third-order valence-electron chi connectivity index (χ3n) is 3.62. The number of rotatable bonds is 7. The summed E-state index contributed by atoms with van der Waals surface area (Å²) in [6, 6.07) is 7.70. The highest BCUT2D eigenvalue weighted by molar-refractivity contribution is 7.19. The number of thiophene rings is 1. The molecule has 0 saturated heterocycles. The van der Waals surface area contributed by atoms with Gasteiger partial charge in [0.1, 0.15) is 6.61 Å². The van der Waals surface area contributed by atoms with E-state index in [0.29, 0.717) is 21.6 Å². The Bertz CT molecular complexity index is 924. The van der Waals surface area contributed by atoms with Gasteiger partial charge in [0, 0.05) is 4.88 Å². The molecule has 0 aliphatic carbocycles. The van der Waals surface area contributed by atoms with E-state index >= 15 is 0 Å². The fourth-order valence-corrected chi connectivity index (χ4v) is 3.48. The molecule has 0 amide bonds. The molecule has 138 valence electrons. The predicted octanol–water partition coefficient (Wildman–Crippen LogP) is 5.70. The van der Waals surface area contributed by atoms with Gasteiger partial charge in [-0.05, 0) is 49.6 Å². The highest BCUT2D eigenvalue weighted by Gasteiger charge is 2.17. The van der Waals surface area contributed by atoms with Crippen LogP contribution >= 0.6 is 11.3 Å². The Hall–Kier alpha value is -2.41. The number of hydrogen-bond acceptors (Lipinski definition) is 4. The number of fused-ring (bicyclic) bond motifs is 1. The van der Waals surface area contributed by atoms with Crippen molar-refractivity contribution in [3.8, 4) is 17.2 Å². The summed E-state index contributed by atoms with van der Waals surface area (Å²) < 4.78 is 58.3. The number of benzene rings is 2. The second-order valence-electron chi connectivity index (χ2n) is 5.35. The van der Waals surface area contributed by atoms with E-state index in [4.69, 9.17) is 14.2 Å². The topological polar surface area (TPSA) is 27.7 Å². The van der Waals surface area contributed by atoms with Gasteiger partial charge in [0.15, 0.2) is 23.1 Å². The van der Waals surface area contributed by atoms with Crippen LogP contribution in [0.2, 0.25) is 0 Å². The summed E-state index contributed by atoms with van der Waals surface area (Å²) in [6.45, 7) is 4.05. The lowest BCUT2D eigenvalue weighted by molar-refractivity contribution is 0.276. The molecule has 0 fully saturated rings. The Morgan fingerprint density at radius 3 is 1.92 bits per heavy atom. The number of halogens is 3. The average Bonchev–Trinajstić information content (AvgIpc) is 3.05. The van der Waals surface area contributed by atoms with E-state index in [1.165, 1.54) is 23.5 Å². The molecule has 0 aliphatic rings. The molecule has 0 N–H and O–H groups in total. The molecule has 3 rings (SSSR count). The van der Waals surface area contributed by atoms with Crippen LogP contribution in [0.5, 0.6) is 17.2 Å². The maximum atomic E-state index is 14.4. The van der Waals surface area contributed by atoms with Crippen molar-refractivity contribution in [2.75, 3.05) is 13.2 Å². The van der Waals surface area contributed by atoms with Gasteiger partial charge >= 0.3 is 0 Å². The van der Waals surface area contributed by atoms with Crippen LogP contribution in [0.3, 0.4) is 0 Å². The van der Waals surface area contributed by atoms with Crippen LogP contribution in [-0.4, -0.2) is 13.2 Å². The molecule has 0 unspecified atom stereocenters. The third kappa shape index (κ3) is 3.58. The first-order valence-electron chi connectivity index (χ1n) is 8.12. The molecule has 26 heavy (non-hydrogen) atoms. The summed E-state index contributed by atoms with van der Waals surface area (Å²) in [5.74, 6) is -2.83. The van der Waals surface area contributed by atoms with Gasteiger partial charge in [0.25, 0.3) is 0 Å². The van der Waals surface area contributed by atoms with Crippen molar-refractivity contribution < 1.29 is 27.4 Å². The zero-order valence-corrected chi connectivity index (χ0v) is 15.1. The van der Waals surface area contributed by atoms with Gasteiger partial charge in [0.2, 0.25) is 11.6 Å². The molecule has 7 heteroatoms. The van der Waals surface area contributed by atoms with Crippen LogP contribution in [0.15, 0.2) is 30.3 Å². The summed E-state index contributed by atoms with van der Waals surface area (Å²) in [6.07, 6.45) is 0. The highest BCUT2D eigenvalue weighted by Crippen LogP contribution is 2.34. The van der Waals surface area contributed by atoms with E-state index in [9.17, 15) is 13.2 Å². The first-order valence-corrected chi connectivity index (χ1v) is 8.94. The molecule has 3 aromatic rings. The molecule has 3 nitrogen and oxygen atoms in total. The normalized spacial score (nSPS) is 11.0. The largest absolute Gasteiger partial charge is 0.491 e. The first-order chi connectivity index (χ1) is 12.5. The molecular weight excluding hydrogens is 365 g/mol. The second-order valence-corrected chi connectivity index (χ2v) is 6.49. The molecule has 1 heterocycles. The highest BCUT2D eigenvalue weighted by atomic mass is 32.1. The Kier molecular flexibility index (Phi) is 5.56. The average molecular weight is 382 g/mol. The molecule has 0 saturated carbocycles. The summed E-state index contributed by atoms with van der Waals surface area (Å²) in [4.78, 5) is 0.682. The van der Waals surface area contributed by atoms with E-state index < -0.39 is 17.5 Å². The molecule has 0 spiro atoms. The van der Waals surface area contributed by atoms with Gasteiger partial charge in [-0.2, -0.15) is 8.78 Å². The Balaban J connectivity index is 1.80. The zero-order valence-electron chi connectivity index (χ0n) is 14.3. The summed E-state index contributed by atoms with van der Waals surface area (Å²) >= 11 is 1.18. The van der Waals surface area contributed by atoms with E-state index in [1.54, 1.807) is 32.0 Å². The van der Waals surface area contributed by atoms with Gasteiger partial charge < -0.3 is 14.2 Å². The first kappa shape index (κ1) is 18.4. The molecule has 0 bridgehead atoms. The minimum atomic E-state index is -1.11. The summed E-state index contributed by atoms with van der Waals surface area (Å²) in [5, 5.41) is 0.702. The summed E-state index contributed by atoms with van der Waals surface area (Å²) in [7, 11) is 0. The van der Waals surface area contributed by atoms with Crippen molar-refractivity contribution in [1.82, 2.24) is 0 Å². The van der Waals surface area contributed by atoms with E-state index in [2.05, 4.69) is 0 Å². The quantitative estimate of drug-likeness (QED) is 0.525. The van der Waals surface area contributed by atoms with Crippen LogP contribution in [0.1, 0.15) is 18.7 Å². The standard InChI is InChI=1S/C19H17F3O3S/c1-3-23-13-7-8-14(17(21)16(13)20)25-10-12-9-11-5-6-15(24-4-2)18(22)19(11)26-12/h5-9H,3-4,10H2,1-2H3. The van der Waals surface area contributed by atoms with Gasteiger partial charge in [-0.3, -0.25) is 0 Å². The number of hydrogen-bond donors (Lipinski definition) is 0. The molecule has 1 aromatic heterocycles. The Morgan fingerprint density at radius 2 is 1.31 bits per heavy atom. The van der Waals surface area contributed by atoms with Crippen molar-refractivity contribution >= 4 is 21.4 Å². The van der Waals surface area contributed by atoms with Crippen LogP contribution in [-0.2, 0) is 6.61 Å². The third-order valence-corrected chi connectivity index (χ3v) is 4.74. The Labute approximate surface area is 152 Å². The van der Waals surface area contributed by atoms with E-state index in [0.717, 1.165) is 0 Å². The van der Waals surface area contributed by atoms with Crippen LogP contribution in [0.4, 0.5) is 13.2 Å². The monoisotopic (exact) mass is 382 g/mol. The maximum Gasteiger partial charge on any atom is 0.204 e. The van der Waals surface area contributed by atoms with Gasteiger partial charge in [-0.15, -0.1) is 11.3 Å². The predicted molar refractivity (Wildman–Crippen MR) is 94.8 cm³/mol. The molecular formula is C19H17F3O3S. The minimum Gasteiger partial charge on any atom is -0.491 e. The molecule has 2 aromatic carbocycles. The van der Waals surface area contributed by atoms with Gasteiger partial charge in [-0.25, -0.2) is 4.39 Å². The molecule has 0 aliphatic heterocycles. The minimum absolute atomic E-state index is 0.00685. The Morgan fingerprint density at radius 1 is 0.769 bits per heavy atom. The van der Waals surface area contributed by atoms with Crippen LogP contribution < -0.4 is 14.2 Å². The van der Waals surface area contributed by atoms with Crippen LogP contribution in [0.25, 0.3) is 10.1 Å². The van der Waals surface area contributed by atoms with Crippen molar-refractivity contribution in [3.63, 3.8) is 0 Å². The lowest BCUT2D eigenvalue weighted by Gasteiger charge is -2.09. The van der Waals surface area contributed by atoms with Crippen molar-refractivity contribution in [1.29, 1.82) is 0 Å². The van der Waals surface area contributed by atoms with E-state index in [-0.39, 0.29) is 30.5 Å². The second kappa shape index (κ2) is 7.86. The van der Waals surface area contributed by atoms with Crippen molar-refractivity contribution in [2.24, 2.45) is 0 Å². The maximum absolute atomic E-state index is 14.4. The van der Waals surface area contributed by atoms with Gasteiger partial charge in [0.05, 0.1) is 17.9 Å². The lowest BCUT2D eigenvalue weighted by Crippen LogP contribution is -2.01. The fourth-order valence-electron chi connectivity index (χ4n) is 2.48. The number of ether oxygens (including phenoxy) is 3. The van der Waals surface area contributed by atoms with Gasteiger partial charge in [-0.1, -0.05) is 0 Å². The smallest absolute Gasteiger partial charge is 0.204 e. The van der Waals surface area contributed by atoms with Crippen molar-refractivity contribution in [3.05, 3.63) is 52.7 Å². The van der Waals surface area contributed by atoms with Crippen molar-refractivity contribution in [2.45, 2.75) is 20.5 Å². The SMILES string of the molecule is CCOc1ccc(OCc2cc3ccc(OCC)c(F)c3s2)c(F)c1F. The molecule has 0 atom stereocenters.